The van der Waals surface area contributed by atoms with Crippen LogP contribution >= 0.6 is 11.6 Å². The molecule has 116 valence electrons. The highest BCUT2D eigenvalue weighted by Crippen LogP contribution is 2.49. The Morgan fingerprint density at radius 3 is 2.71 bits per heavy atom. The minimum absolute atomic E-state index is 0.0485. The van der Waals surface area contributed by atoms with E-state index in [4.69, 9.17) is 16.3 Å². The lowest BCUT2D eigenvalue weighted by atomic mass is 9.91. The second-order valence-corrected chi connectivity index (χ2v) is 7.41. The van der Waals surface area contributed by atoms with E-state index < -0.39 is 5.60 Å². The molecule has 1 aromatic carbocycles. The van der Waals surface area contributed by atoms with Gasteiger partial charge in [0.25, 0.3) is 0 Å². The normalized spacial score (nSPS) is 24.6. The number of nitrogens with one attached hydrogen (secondary N) is 1. The van der Waals surface area contributed by atoms with Crippen molar-refractivity contribution in [3.8, 4) is 0 Å². The van der Waals surface area contributed by atoms with Gasteiger partial charge < -0.3 is 10.1 Å². The molecule has 0 aliphatic heterocycles. The number of carbonyl (C=O) groups is 1. The van der Waals surface area contributed by atoms with Crippen molar-refractivity contribution in [1.29, 1.82) is 0 Å². The summed E-state index contributed by atoms with van der Waals surface area (Å²) in [5.74, 6) is 0. The molecule has 1 fully saturated rings. The first-order valence-corrected chi connectivity index (χ1v) is 7.82. The Hall–Kier alpha value is -1.22. The van der Waals surface area contributed by atoms with E-state index in [1.165, 1.54) is 11.1 Å². The van der Waals surface area contributed by atoms with Crippen molar-refractivity contribution in [3.63, 3.8) is 0 Å². The highest BCUT2D eigenvalue weighted by molar-refractivity contribution is 6.30. The van der Waals surface area contributed by atoms with E-state index in [0.717, 1.165) is 17.9 Å². The van der Waals surface area contributed by atoms with Crippen LogP contribution < -0.4 is 5.32 Å². The van der Waals surface area contributed by atoms with Gasteiger partial charge in [-0.25, -0.2) is 4.79 Å². The second-order valence-electron chi connectivity index (χ2n) is 6.98. The fourth-order valence-corrected chi connectivity index (χ4v) is 2.88. The van der Waals surface area contributed by atoms with Crippen LogP contribution in [-0.4, -0.2) is 17.7 Å². The van der Waals surface area contributed by atoms with Crippen LogP contribution in [0.5, 0.6) is 0 Å². The van der Waals surface area contributed by atoms with E-state index in [0.29, 0.717) is 0 Å². The summed E-state index contributed by atoms with van der Waals surface area (Å²) < 4.78 is 5.32. The van der Waals surface area contributed by atoms with Gasteiger partial charge in [0.1, 0.15) is 5.60 Å². The molecule has 2 rings (SSSR count). The van der Waals surface area contributed by atoms with E-state index in [2.05, 4.69) is 25.2 Å². The highest BCUT2D eigenvalue weighted by Gasteiger charge is 2.53. The smallest absolute Gasteiger partial charge is 0.407 e. The Morgan fingerprint density at radius 1 is 1.48 bits per heavy atom. The molecule has 1 N–H and O–H groups in total. The van der Waals surface area contributed by atoms with Gasteiger partial charge in [-0.3, -0.25) is 0 Å². The summed E-state index contributed by atoms with van der Waals surface area (Å²) in [6, 6.07) is 6.13. The summed E-state index contributed by atoms with van der Waals surface area (Å²) in [4.78, 5) is 11.9. The molecule has 0 radical (unpaired) electrons. The average Bonchev–Trinajstić information content (AvgIpc) is 2.98. The number of rotatable bonds is 3. The first-order valence-electron chi connectivity index (χ1n) is 7.44. The van der Waals surface area contributed by atoms with Gasteiger partial charge in [0.15, 0.2) is 0 Å². The molecule has 1 saturated carbocycles. The fraction of sp³-hybridized carbons (Fsp3) is 0.588. The van der Waals surface area contributed by atoms with Crippen molar-refractivity contribution in [2.24, 2.45) is 0 Å². The number of hydrogen-bond acceptors (Lipinski definition) is 2. The third-order valence-electron chi connectivity index (χ3n) is 4.00. The first kappa shape index (κ1) is 16.2. The zero-order chi connectivity index (χ0) is 15.8. The van der Waals surface area contributed by atoms with Gasteiger partial charge in [-0.1, -0.05) is 31.5 Å². The number of aryl methyl sites for hydroxylation is 1. The minimum Gasteiger partial charge on any atom is -0.444 e. The number of ether oxygens (including phenoxy) is 1. The van der Waals surface area contributed by atoms with E-state index in [1.54, 1.807) is 0 Å². The van der Waals surface area contributed by atoms with Crippen LogP contribution in [-0.2, 0) is 16.6 Å². The quantitative estimate of drug-likeness (QED) is 0.895. The first-order chi connectivity index (χ1) is 9.65. The molecule has 3 nitrogen and oxygen atoms in total. The zero-order valence-corrected chi connectivity index (χ0v) is 14.2. The van der Waals surface area contributed by atoms with E-state index >= 15 is 0 Å². The largest absolute Gasteiger partial charge is 0.444 e. The van der Waals surface area contributed by atoms with Gasteiger partial charge in [0.05, 0.1) is 0 Å². The molecule has 0 heterocycles. The van der Waals surface area contributed by atoms with Gasteiger partial charge in [-0.15, -0.1) is 0 Å². The number of amides is 1. The summed E-state index contributed by atoms with van der Waals surface area (Å²) in [7, 11) is 0. The number of halogens is 1. The third-order valence-corrected chi connectivity index (χ3v) is 4.23. The van der Waals surface area contributed by atoms with Gasteiger partial charge in [0.2, 0.25) is 0 Å². The molecule has 21 heavy (non-hydrogen) atoms. The molecule has 0 saturated heterocycles. The summed E-state index contributed by atoms with van der Waals surface area (Å²) in [6.45, 7) is 9.90. The lowest BCUT2D eigenvalue weighted by Gasteiger charge is -2.21. The summed E-state index contributed by atoms with van der Waals surface area (Å²) in [5, 5.41) is 3.71. The molecule has 2 atom stereocenters. The van der Waals surface area contributed by atoms with Crippen LogP contribution in [0.25, 0.3) is 0 Å². The fourth-order valence-electron chi connectivity index (χ4n) is 2.71. The van der Waals surface area contributed by atoms with Gasteiger partial charge >= 0.3 is 6.09 Å². The Bertz CT molecular complexity index is 550. The lowest BCUT2D eigenvalue weighted by Crippen LogP contribution is -2.36. The molecule has 0 bridgehead atoms. The topological polar surface area (TPSA) is 38.3 Å². The Kier molecular flexibility index (Phi) is 4.25. The standard InChI is InChI=1S/C17H24ClNO2/c1-6-11-7-8-12(18)9-13(11)17(5)10-14(17)19-15(20)21-16(2,3)4/h7-9,14H,6,10H2,1-5H3,(H,19,20). The summed E-state index contributed by atoms with van der Waals surface area (Å²) >= 11 is 6.14. The minimum atomic E-state index is -0.472. The molecule has 1 aliphatic rings. The van der Waals surface area contributed by atoms with Crippen molar-refractivity contribution in [2.75, 3.05) is 0 Å². The third kappa shape index (κ3) is 3.70. The number of hydrogen-bond donors (Lipinski definition) is 1. The lowest BCUT2D eigenvalue weighted by molar-refractivity contribution is 0.0520. The van der Waals surface area contributed by atoms with Gasteiger partial charge in [-0.05, 0) is 56.9 Å². The van der Waals surface area contributed by atoms with Crippen molar-refractivity contribution < 1.29 is 9.53 Å². The zero-order valence-electron chi connectivity index (χ0n) is 13.4. The van der Waals surface area contributed by atoms with Crippen LogP contribution in [0.3, 0.4) is 0 Å². The van der Waals surface area contributed by atoms with Gasteiger partial charge in [-0.2, -0.15) is 0 Å². The molecule has 1 amide bonds. The van der Waals surface area contributed by atoms with Crippen molar-refractivity contribution in [2.45, 2.75) is 64.5 Å². The summed E-state index contributed by atoms with van der Waals surface area (Å²) in [5.41, 5.74) is 2.00. The maximum Gasteiger partial charge on any atom is 0.407 e. The molecular formula is C17H24ClNO2. The molecule has 1 aliphatic carbocycles. The van der Waals surface area contributed by atoms with Crippen molar-refractivity contribution >= 4 is 17.7 Å². The average molecular weight is 310 g/mol. The number of benzene rings is 1. The van der Waals surface area contributed by atoms with Crippen LogP contribution in [0.2, 0.25) is 5.02 Å². The molecule has 2 unspecified atom stereocenters. The van der Waals surface area contributed by atoms with Gasteiger partial charge in [0, 0.05) is 16.5 Å². The predicted molar refractivity (Wildman–Crippen MR) is 86.0 cm³/mol. The van der Waals surface area contributed by atoms with Crippen molar-refractivity contribution in [3.05, 3.63) is 34.3 Å². The molecule has 0 aromatic heterocycles. The Labute approximate surface area is 132 Å². The summed E-state index contributed by atoms with van der Waals surface area (Å²) in [6.07, 6.45) is 1.53. The van der Waals surface area contributed by atoms with E-state index in [1.807, 2.05) is 32.9 Å². The maximum atomic E-state index is 11.9. The maximum absolute atomic E-state index is 11.9. The van der Waals surface area contributed by atoms with Crippen LogP contribution in [0.4, 0.5) is 4.79 Å². The monoisotopic (exact) mass is 309 g/mol. The highest BCUT2D eigenvalue weighted by atomic mass is 35.5. The molecule has 4 heteroatoms. The van der Waals surface area contributed by atoms with E-state index in [-0.39, 0.29) is 17.6 Å². The van der Waals surface area contributed by atoms with Crippen LogP contribution in [0.15, 0.2) is 18.2 Å². The molecular weight excluding hydrogens is 286 g/mol. The SMILES string of the molecule is CCc1ccc(Cl)cc1C1(C)CC1NC(=O)OC(C)(C)C. The number of carbonyl (C=O) groups excluding carboxylic acids is 1. The van der Waals surface area contributed by atoms with Crippen molar-refractivity contribution in [1.82, 2.24) is 5.32 Å². The number of alkyl carbamates (subject to hydrolysis) is 1. The van der Waals surface area contributed by atoms with Crippen LogP contribution in [0, 0.1) is 0 Å². The predicted octanol–water partition coefficient (Wildman–Crippen LogP) is 4.46. The molecule has 1 aromatic rings. The molecule has 0 spiro atoms. The Balaban J connectivity index is 2.10. The second kappa shape index (κ2) is 5.53. The van der Waals surface area contributed by atoms with Crippen LogP contribution in [0.1, 0.15) is 52.2 Å². The van der Waals surface area contributed by atoms with E-state index in [9.17, 15) is 4.79 Å². The Morgan fingerprint density at radius 2 is 2.14 bits per heavy atom.